The van der Waals surface area contributed by atoms with Crippen molar-refractivity contribution < 1.29 is 22.7 Å². The Morgan fingerprint density at radius 1 is 0.969 bits per heavy atom. The number of nitrogens with one attached hydrogen (secondary N) is 1. The molecule has 9 heteroatoms. The van der Waals surface area contributed by atoms with Crippen LogP contribution in [0.4, 0.5) is 23.7 Å². The van der Waals surface area contributed by atoms with E-state index in [-0.39, 0.29) is 11.8 Å². The number of carbonyl (C=O) groups excluding carboxylic acids is 1. The van der Waals surface area contributed by atoms with Gasteiger partial charge < -0.3 is 19.9 Å². The molecule has 172 valence electrons. The summed E-state index contributed by atoms with van der Waals surface area (Å²) >= 11 is 0. The molecule has 6 nitrogen and oxygen atoms in total. The number of carbonyl (C=O) groups is 1. The van der Waals surface area contributed by atoms with E-state index in [0.29, 0.717) is 12.6 Å². The Kier molecular flexibility index (Phi) is 6.74. The summed E-state index contributed by atoms with van der Waals surface area (Å²) < 4.78 is 40.8. The van der Waals surface area contributed by atoms with Crippen LogP contribution in [0.15, 0.2) is 54.6 Å². The third kappa shape index (κ3) is 5.85. The number of rotatable bonds is 6. The van der Waals surface area contributed by atoms with Crippen LogP contribution < -0.4 is 15.0 Å². The van der Waals surface area contributed by atoms with Gasteiger partial charge in [0, 0.05) is 57.5 Å². The van der Waals surface area contributed by atoms with Crippen LogP contribution in [0.3, 0.4) is 0 Å². The first-order valence-electron chi connectivity index (χ1n) is 10.8. The molecule has 0 aromatic heterocycles. The second-order valence-electron chi connectivity index (χ2n) is 8.09. The van der Waals surface area contributed by atoms with Crippen molar-refractivity contribution in [1.29, 1.82) is 0 Å². The molecular weight excluding hydrogens is 421 g/mol. The van der Waals surface area contributed by atoms with E-state index in [1.165, 1.54) is 17.7 Å². The number of nitrogens with zero attached hydrogens (tertiary/aromatic N) is 3. The predicted octanol–water partition coefficient (Wildman–Crippen LogP) is 3.34. The van der Waals surface area contributed by atoms with Gasteiger partial charge in [0.25, 0.3) is 0 Å². The number of piperazine rings is 1. The quantitative estimate of drug-likeness (QED) is 0.737. The summed E-state index contributed by atoms with van der Waals surface area (Å²) in [6, 6.07) is 16.4. The molecule has 2 aromatic rings. The largest absolute Gasteiger partial charge is 0.573 e. The molecule has 0 radical (unpaired) electrons. The normalized spacial score (nSPS) is 17.7. The van der Waals surface area contributed by atoms with Crippen molar-refractivity contribution in [1.82, 2.24) is 15.1 Å². The number of benzene rings is 2. The first-order chi connectivity index (χ1) is 15.4. The Morgan fingerprint density at radius 3 is 2.25 bits per heavy atom. The number of hydrogen-bond donors (Lipinski definition) is 1. The van der Waals surface area contributed by atoms with Gasteiger partial charge >= 0.3 is 12.4 Å². The summed E-state index contributed by atoms with van der Waals surface area (Å²) in [5.74, 6) is -0.212. The molecule has 0 spiro atoms. The first-order valence-corrected chi connectivity index (χ1v) is 10.8. The number of urea groups is 1. The number of hydrogen-bond acceptors (Lipinski definition) is 4. The smallest absolute Gasteiger partial charge is 0.406 e. The standard InChI is InChI=1S/C23H27F3N4O2/c24-23(25,26)32-21-8-6-19(7-9-21)28-12-14-29(15-13-28)20-16-30(17-20)22(31)27-11-10-18-4-2-1-3-5-18/h1-9,20H,10-17H2,(H,27,31). The molecule has 2 amide bonds. The maximum absolute atomic E-state index is 12.3. The molecule has 0 saturated carbocycles. The zero-order valence-corrected chi connectivity index (χ0v) is 17.7. The summed E-state index contributed by atoms with van der Waals surface area (Å²) in [5.41, 5.74) is 2.09. The van der Waals surface area contributed by atoms with E-state index in [1.807, 2.05) is 23.1 Å². The SMILES string of the molecule is O=C(NCCc1ccccc1)N1CC(N2CCN(c3ccc(OC(F)(F)F)cc3)CC2)C1. The number of likely N-dealkylation sites (tertiary alicyclic amines) is 1. The summed E-state index contributed by atoms with van der Waals surface area (Å²) in [5, 5.41) is 2.98. The summed E-state index contributed by atoms with van der Waals surface area (Å²) in [7, 11) is 0. The Morgan fingerprint density at radius 2 is 1.62 bits per heavy atom. The Labute approximate surface area is 185 Å². The molecule has 2 heterocycles. The molecule has 2 aliphatic rings. The molecule has 0 bridgehead atoms. The number of ether oxygens (including phenoxy) is 1. The number of anilines is 1. The maximum atomic E-state index is 12.3. The van der Waals surface area contributed by atoms with Gasteiger partial charge in [-0.2, -0.15) is 0 Å². The van der Waals surface area contributed by atoms with Crippen molar-refractivity contribution in [2.75, 3.05) is 50.7 Å². The molecule has 2 saturated heterocycles. The number of alkyl halides is 3. The van der Waals surface area contributed by atoms with E-state index in [4.69, 9.17) is 0 Å². The minimum absolute atomic E-state index is 0.0167. The van der Waals surface area contributed by atoms with Gasteiger partial charge in [-0.25, -0.2) is 4.79 Å². The highest BCUT2D eigenvalue weighted by atomic mass is 19.4. The van der Waals surface area contributed by atoms with Gasteiger partial charge in [-0.15, -0.1) is 13.2 Å². The lowest BCUT2D eigenvalue weighted by atomic mass is 10.1. The zero-order chi connectivity index (χ0) is 22.6. The van der Waals surface area contributed by atoms with Crippen LogP contribution in [-0.2, 0) is 6.42 Å². The van der Waals surface area contributed by atoms with Crippen LogP contribution in [0.1, 0.15) is 5.56 Å². The van der Waals surface area contributed by atoms with Gasteiger partial charge in [0.15, 0.2) is 0 Å². The Bertz CT molecular complexity index is 878. The molecular formula is C23H27F3N4O2. The molecule has 2 fully saturated rings. The van der Waals surface area contributed by atoms with Crippen LogP contribution in [0, 0.1) is 0 Å². The fourth-order valence-electron chi connectivity index (χ4n) is 4.13. The van der Waals surface area contributed by atoms with E-state index in [0.717, 1.165) is 51.4 Å². The topological polar surface area (TPSA) is 48.1 Å². The highest BCUT2D eigenvalue weighted by molar-refractivity contribution is 5.75. The van der Waals surface area contributed by atoms with Gasteiger partial charge in [-0.1, -0.05) is 30.3 Å². The second-order valence-corrected chi connectivity index (χ2v) is 8.09. The van der Waals surface area contributed by atoms with Gasteiger partial charge in [-0.3, -0.25) is 4.90 Å². The molecule has 1 N–H and O–H groups in total. The lowest BCUT2D eigenvalue weighted by Gasteiger charge is -2.48. The molecule has 32 heavy (non-hydrogen) atoms. The van der Waals surface area contributed by atoms with Gasteiger partial charge in [-0.05, 0) is 36.2 Å². The van der Waals surface area contributed by atoms with Crippen LogP contribution in [0.5, 0.6) is 5.75 Å². The van der Waals surface area contributed by atoms with Crippen LogP contribution in [-0.4, -0.2) is 74.0 Å². The summed E-state index contributed by atoms with van der Waals surface area (Å²) in [4.78, 5) is 18.7. The molecule has 0 atom stereocenters. The van der Waals surface area contributed by atoms with E-state index in [2.05, 4.69) is 32.0 Å². The van der Waals surface area contributed by atoms with Crippen LogP contribution in [0.25, 0.3) is 0 Å². The van der Waals surface area contributed by atoms with E-state index >= 15 is 0 Å². The second kappa shape index (κ2) is 9.68. The lowest BCUT2D eigenvalue weighted by Crippen LogP contribution is -2.65. The zero-order valence-electron chi connectivity index (χ0n) is 17.7. The third-order valence-corrected chi connectivity index (χ3v) is 5.95. The van der Waals surface area contributed by atoms with Gasteiger partial charge in [0.2, 0.25) is 0 Å². The highest BCUT2D eigenvalue weighted by Gasteiger charge is 2.36. The minimum Gasteiger partial charge on any atom is -0.406 e. The summed E-state index contributed by atoms with van der Waals surface area (Å²) in [6.45, 7) is 5.36. The van der Waals surface area contributed by atoms with Crippen LogP contribution in [0.2, 0.25) is 0 Å². The minimum atomic E-state index is -4.68. The highest BCUT2D eigenvalue weighted by Crippen LogP contribution is 2.26. The fraction of sp³-hybridized carbons (Fsp3) is 0.435. The lowest BCUT2D eigenvalue weighted by molar-refractivity contribution is -0.274. The van der Waals surface area contributed by atoms with Crippen molar-refractivity contribution >= 4 is 11.7 Å². The molecule has 0 unspecified atom stereocenters. The van der Waals surface area contributed by atoms with E-state index < -0.39 is 6.36 Å². The molecule has 4 rings (SSSR count). The number of amides is 2. The van der Waals surface area contributed by atoms with Crippen LogP contribution >= 0.6 is 0 Å². The fourth-order valence-corrected chi connectivity index (χ4v) is 4.13. The molecule has 2 aromatic carbocycles. The summed E-state index contributed by atoms with van der Waals surface area (Å²) in [6.07, 6.45) is -3.86. The first kappa shape index (κ1) is 22.3. The van der Waals surface area contributed by atoms with Gasteiger partial charge in [0.05, 0.1) is 0 Å². The third-order valence-electron chi connectivity index (χ3n) is 5.95. The van der Waals surface area contributed by atoms with Crippen molar-refractivity contribution in [3.8, 4) is 5.75 Å². The average Bonchev–Trinajstić information content (AvgIpc) is 2.73. The van der Waals surface area contributed by atoms with Crippen molar-refractivity contribution in [3.63, 3.8) is 0 Å². The van der Waals surface area contributed by atoms with Crippen molar-refractivity contribution in [3.05, 3.63) is 60.2 Å². The van der Waals surface area contributed by atoms with Crippen molar-refractivity contribution in [2.45, 2.75) is 18.8 Å². The van der Waals surface area contributed by atoms with E-state index in [1.54, 1.807) is 12.1 Å². The maximum Gasteiger partial charge on any atom is 0.573 e. The van der Waals surface area contributed by atoms with Crippen molar-refractivity contribution in [2.24, 2.45) is 0 Å². The Hall–Kier alpha value is -2.94. The average molecular weight is 448 g/mol. The van der Waals surface area contributed by atoms with E-state index in [9.17, 15) is 18.0 Å². The molecule has 0 aliphatic carbocycles. The number of halogens is 3. The molecule has 2 aliphatic heterocycles. The predicted molar refractivity (Wildman–Crippen MR) is 116 cm³/mol. The van der Waals surface area contributed by atoms with Gasteiger partial charge in [0.1, 0.15) is 5.75 Å². The monoisotopic (exact) mass is 448 g/mol. The Balaban J connectivity index is 1.15.